The maximum absolute atomic E-state index is 11.1. The molecule has 5 nitrogen and oxygen atoms in total. The number of rotatable bonds is 5. The van der Waals surface area contributed by atoms with E-state index in [1.54, 1.807) is 11.8 Å². The number of hydrogen-bond donors (Lipinski definition) is 3. The molecule has 6 heteroatoms. The number of imidazole rings is 1. The van der Waals surface area contributed by atoms with Crippen molar-refractivity contribution in [2.24, 2.45) is 5.84 Å². The lowest BCUT2D eigenvalue weighted by atomic mass is 10.2. The Hall–Kier alpha value is -1.53. The smallest absolute Gasteiger partial charge is 0.233 e. The van der Waals surface area contributed by atoms with Crippen LogP contribution < -0.4 is 11.3 Å². The Morgan fingerprint density at radius 2 is 2.37 bits per heavy atom. The number of aromatic amines is 1. The van der Waals surface area contributed by atoms with Crippen LogP contribution in [0, 0.1) is 6.92 Å². The van der Waals surface area contributed by atoms with Crippen molar-refractivity contribution in [3.8, 4) is 0 Å². The zero-order chi connectivity index (χ0) is 13.8. The minimum Gasteiger partial charge on any atom is -0.333 e. The molecule has 0 fully saturated rings. The van der Waals surface area contributed by atoms with Crippen molar-refractivity contribution in [1.29, 1.82) is 0 Å². The first-order valence-corrected chi connectivity index (χ1v) is 7.09. The number of carbonyl (C=O) groups is 1. The predicted molar refractivity (Wildman–Crippen MR) is 77.7 cm³/mol. The lowest BCUT2D eigenvalue weighted by Crippen LogP contribution is -2.30. The van der Waals surface area contributed by atoms with E-state index in [0.717, 1.165) is 22.6 Å². The van der Waals surface area contributed by atoms with E-state index >= 15 is 0 Å². The normalized spacial score (nSPS) is 12.6. The zero-order valence-electron chi connectivity index (χ0n) is 11.1. The molecule has 1 atom stereocenters. The summed E-state index contributed by atoms with van der Waals surface area (Å²) in [5.41, 5.74) is 5.37. The monoisotopic (exact) mass is 278 g/mol. The number of hydrazine groups is 1. The van der Waals surface area contributed by atoms with E-state index in [9.17, 15) is 4.79 Å². The number of aromatic nitrogens is 2. The predicted octanol–water partition coefficient (Wildman–Crippen LogP) is 2.12. The van der Waals surface area contributed by atoms with E-state index in [1.165, 1.54) is 5.56 Å². The molecule has 1 aromatic heterocycles. The van der Waals surface area contributed by atoms with E-state index in [0.29, 0.717) is 11.7 Å². The Bertz CT molecular complexity index is 581. The average molecular weight is 278 g/mol. The molecule has 1 heterocycles. The van der Waals surface area contributed by atoms with E-state index in [1.807, 2.05) is 12.1 Å². The number of fused-ring (bicyclic) bond motifs is 1. The van der Waals surface area contributed by atoms with Crippen LogP contribution >= 0.6 is 11.8 Å². The summed E-state index contributed by atoms with van der Waals surface area (Å²) in [6.45, 7) is 4.13. The summed E-state index contributed by atoms with van der Waals surface area (Å²) in [6.07, 6.45) is 1.20. The molecule has 0 spiro atoms. The molecule has 19 heavy (non-hydrogen) atoms. The molecule has 1 amide bonds. The van der Waals surface area contributed by atoms with Crippen LogP contribution in [-0.4, -0.2) is 21.1 Å². The lowest BCUT2D eigenvalue weighted by molar-refractivity contribution is -0.121. The highest BCUT2D eigenvalue weighted by Gasteiger charge is 2.10. The second-order valence-electron chi connectivity index (χ2n) is 4.60. The van der Waals surface area contributed by atoms with Crippen molar-refractivity contribution in [3.63, 3.8) is 0 Å². The van der Waals surface area contributed by atoms with Gasteiger partial charge in [0, 0.05) is 11.7 Å². The summed E-state index contributed by atoms with van der Waals surface area (Å²) in [5.74, 6) is 4.92. The van der Waals surface area contributed by atoms with Gasteiger partial charge in [-0.25, -0.2) is 10.8 Å². The topological polar surface area (TPSA) is 83.8 Å². The number of nitrogens with one attached hydrogen (secondary N) is 2. The van der Waals surface area contributed by atoms with Crippen molar-refractivity contribution < 1.29 is 4.79 Å². The minimum absolute atomic E-state index is 0.132. The number of carbonyl (C=O) groups excluding carboxylic acids is 1. The van der Waals surface area contributed by atoms with Crippen LogP contribution in [0.25, 0.3) is 11.0 Å². The van der Waals surface area contributed by atoms with Gasteiger partial charge in [-0.05, 0) is 31.0 Å². The molecule has 0 radical (unpaired) electrons. The molecule has 4 N–H and O–H groups in total. The van der Waals surface area contributed by atoms with Crippen LogP contribution in [-0.2, 0) is 4.79 Å². The molecular formula is C13H18N4OS. The third kappa shape index (κ3) is 3.71. The number of benzene rings is 1. The fourth-order valence-corrected chi connectivity index (χ4v) is 2.75. The lowest BCUT2D eigenvalue weighted by Gasteiger charge is -2.07. The summed E-state index contributed by atoms with van der Waals surface area (Å²) < 4.78 is 0. The molecular weight excluding hydrogens is 260 g/mol. The van der Waals surface area contributed by atoms with Gasteiger partial charge in [-0.3, -0.25) is 10.2 Å². The molecule has 0 saturated heterocycles. The molecule has 0 aliphatic rings. The van der Waals surface area contributed by atoms with Crippen LogP contribution in [0.15, 0.2) is 23.4 Å². The highest BCUT2D eigenvalue weighted by molar-refractivity contribution is 7.99. The second kappa shape index (κ2) is 6.08. The van der Waals surface area contributed by atoms with Crippen LogP contribution in [0.5, 0.6) is 0 Å². The first kappa shape index (κ1) is 13.9. The number of hydrogen-bond acceptors (Lipinski definition) is 4. The van der Waals surface area contributed by atoms with Crippen molar-refractivity contribution in [3.05, 3.63) is 23.8 Å². The fraction of sp³-hybridized carbons (Fsp3) is 0.385. The third-order valence-electron chi connectivity index (χ3n) is 2.87. The van der Waals surface area contributed by atoms with Gasteiger partial charge in [0.25, 0.3) is 0 Å². The summed E-state index contributed by atoms with van der Waals surface area (Å²) in [6, 6.07) is 6.14. The van der Waals surface area contributed by atoms with Gasteiger partial charge < -0.3 is 4.98 Å². The Morgan fingerprint density at radius 1 is 1.58 bits per heavy atom. The summed E-state index contributed by atoms with van der Waals surface area (Å²) in [4.78, 5) is 18.9. The van der Waals surface area contributed by atoms with Crippen molar-refractivity contribution in [2.75, 3.05) is 0 Å². The molecule has 1 unspecified atom stereocenters. The van der Waals surface area contributed by atoms with Crippen molar-refractivity contribution >= 4 is 28.7 Å². The quantitative estimate of drug-likeness (QED) is 0.338. The van der Waals surface area contributed by atoms with Crippen LogP contribution in [0.4, 0.5) is 0 Å². The first-order chi connectivity index (χ1) is 9.08. The molecule has 1 aromatic carbocycles. The number of H-pyrrole nitrogens is 1. The molecule has 102 valence electrons. The second-order valence-corrected chi connectivity index (χ2v) is 6.02. The van der Waals surface area contributed by atoms with Gasteiger partial charge in [0.2, 0.25) is 5.91 Å². The van der Waals surface area contributed by atoms with Gasteiger partial charge in [-0.2, -0.15) is 0 Å². The molecule has 0 saturated carbocycles. The summed E-state index contributed by atoms with van der Waals surface area (Å²) in [5, 5.41) is 1.19. The van der Waals surface area contributed by atoms with E-state index in [2.05, 4.69) is 35.3 Å². The minimum atomic E-state index is -0.132. The summed E-state index contributed by atoms with van der Waals surface area (Å²) in [7, 11) is 0. The maximum Gasteiger partial charge on any atom is 0.233 e. The Morgan fingerprint density at radius 3 is 3.11 bits per heavy atom. The Kier molecular flexibility index (Phi) is 4.44. The van der Waals surface area contributed by atoms with E-state index in [4.69, 9.17) is 5.84 Å². The van der Waals surface area contributed by atoms with E-state index < -0.39 is 0 Å². The highest BCUT2D eigenvalue weighted by Crippen LogP contribution is 2.26. The van der Waals surface area contributed by atoms with Gasteiger partial charge in [0.1, 0.15) is 0 Å². The fourth-order valence-electron chi connectivity index (χ4n) is 1.81. The molecule has 2 aromatic rings. The van der Waals surface area contributed by atoms with Gasteiger partial charge >= 0.3 is 0 Å². The molecule has 0 aliphatic heterocycles. The van der Waals surface area contributed by atoms with Crippen LogP contribution in [0.1, 0.15) is 25.3 Å². The Balaban J connectivity index is 1.98. The number of nitrogens with two attached hydrogens (primary N) is 1. The number of thioether (sulfide) groups is 1. The van der Waals surface area contributed by atoms with Crippen LogP contribution in [0.3, 0.4) is 0 Å². The zero-order valence-corrected chi connectivity index (χ0v) is 11.9. The Labute approximate surface area is 116 Å². The van der Waals surface area contributed by atoms with Crippen molar-refractivity contribution in [2.45, 2.75) is 37.1 Å². The van der Waals surface area contributed by atoms with E-state index in [-0.39, 0.29) is 5.91 Å². The first-order valence-electron chi connectivity index (χ1n) is 6.21. The van der Waals surface area contributed by atoms with Gasteiger partial charge in [0.05, 0.1) is 11.0 Å². The highest BCUT2D eigenvalue weighted by atomic mass is 32.2. The van der Waals surface area contributed by atoms with Crippen LogP contribution in [0.2, 0.25) is 0 Å². The molecule has 2 rings (SSSR count). The van der Waals surface area contributed by atoms with Gasteiger partial charge in [-0.15, -0.1) is 0 Å². The molecule has 0 aliphatic carbocycles. The number of nitrogens with zero attached hydrogens (tertiary/aromatic N) is 1. The SMILES string of the molecule is Cc1ccc2nc(SC(C)CCC(=O)NN)[nH]c2c1. The van der Waals surface area contributed by atoms with Gasteiger partial charge in [-0.1, -0.05) is 24.8 Å². The average Bonchev–Trinajstić information content (AvgIpc) is 2.77. The number of aryl methyl sites for hydroxylation is 1. The summed E-state index contributed by atoms with van der Waals surface area (Å²) >= 11 is 1.64. The number of amides is 1. The largest absolute Gasteiger partial charge is 0.333 e. The van der Waals surface area contributed by atoms with Gasteiger partial charge in [0.15, 0.2) is 5.16 Å². The van der Waals surface area contributed by atoms with Crippen molar-refractivity contribution in [1.82, 2.24) is 15.4 Å². The maximum atomic E-state index is 11.1. The standard InChI is InChI=1S/C13H18N4OS/c1-8-3-5-10-11(7-8)16-13(15-10)19-9(2)4-6-12(18)17-14/h3,5,7,9H,4,6,14H2,1-2H3,(H,15,16)(H,17,18). The molecule has 0 bridgehead atoms. The third-order valence-corrected chi connectivity index (χ3v) is 3.92.